The van der Waals surface area contributed by atoms with E-state index in [2.05, 4.69) is 27.6 Å². The highest BCUT2D eigenvalue weighted by molar-refractivity contribution is 7.15. The Morgan fingerprint density at radius 1 is 0.966 bits per heavy atom. The Balaban J connectivity index is 1.57. The van der Waals surface area contributed by atoms with Crippen LogP contribution in [0.5, 0.6) is 11.5 Å². The highest BCUT2D eigenvalue weighted by Gasteiger charge is 2.14. The molecular formula is C22H25N3O3S. The molecule has 1 heterocycles. The number of aryl methyl sites for hydroxylation is 2. The fourth-order valence-corrected chi connectivity index (χ4v) is 3.63. The molecule has 0 saturated heterocycles. The van der Waals surface area contributed by atoms with Crippen LogP contribution in [0.4, 0.5) is 5.13 Å². The molecule has 0 bridgehead atoms. The van der Waals surface area contributed by atoms with Crippen molar-refractivity contribution in [3.63, 3.8) is 0 Å². The quantitative estimate of drug-likeness (QED) is 0.520. The molecule has 1 amide bonds. The van der Waals surface area contributed by atoms with Crippen LogP contribution in [0.1, 0.15) is 41.2 Å². The normalized spacial score (nSPS) is 10.6. The number of amides is 1. The zero-order valence-electron chi connectivity index (χ0n) is 16.7. The summed E-state index contributed by atoms with van der Waals surface area (Å²) in [7, 11) is 0. The van der Waals surface area contributed by atoms with E-state index in [1.165, 1.54) is 16.9 Å². The van der Waals surface area contributed by atoms with Gasteiger partial charge in [0, 0.05) is 12.0 Å². The second-order valence-electron chi connectivity index (χ2n) is 6.32. The standard InChI is InChI=1S/C22H25N3O3S/c1-3-27-18-14-13-17(15-19(18)28-4-2)21(26)23-22-25-24-20(29-22)12-8-11-16-9-6-5-7-10-16/h5-7,9-10,13-15H,3-4,8,11-12H2,1-2H3,(H,23,25,26). The third kappa shape index (κ3) is 6.02. The van der Waals surface area contributed by atoms with Gasteiger partial charge in [0.25, 0.3) is 5.91 Å². The van der Waals surface area contributed by atoms with Gasteiger partial charge < -0.3 is 9.47 Å². The number of nitrogens with zero attached hydrogens (tertiary/aromatic N) is 2. The minimum atomic E-state index is -0.249. The van der Waals surface area contributed by atoms with E-state index in [4.69, 9.17) is 9.47 Å². The third-order valence-corrected chi connectivity index (χ3v) is 5.09. The number of nitrogens with one attached hydrogen (secondary N) is 1. The van der Waals surface area contributed by atoms with E-state index in [1.807, 2.05) is 32.0 Å². The van der Waals surface area contributed by atoms with Crippen molar-refractivity contribution >= 4 is 22.4 Å². The SMILES string of the molecule is CCOc1ccc(C(=O)Nc2nnc(CCCc3ccccc3)s2)cc1OCC. The molecule has 6 nitrogen and oxygen atoms in total. The molecule has 152 valence electrons. The van der Waals surface area contributed by atoms with Crippen molar-refractivity contribution in [3.05, 3.63) is 64.7 Å². The third-order valence-electron chi connectivity index (χ3n) is 4.19. The first-order valence-corrected chi connectivity index (χ1v) is 10.6. The molecule has 3 rings (SSSR count). The summed E-state index contributed by atoms with van der Waals surface area (Å²) in [5.74, 6) is 0.935. The molecule has 1 N–H and O–H groups in total. The van der Waals surface area contributed by atoms with Crippen molar-refractivity contribution in [1.82, 2.24) is 10.2 Å². The van der Waals surface area contributed by atoms with Crippen molar-refractivity contribution in [1.29, 1.82) is 0 Å². The molecule has 3 aromatic rings. The minimum Gasteiger partial charge on any atom is -0.490 e. The zero-order chi connectivity index (χ0) is 20.5. The lowest BCUT2D eigenvalue weighted by Gasteiger charge is -2.12. The summed E-state index contributed by atoms with van der Waals surface area (Å²) in [4.78, 5) is 12.6. The van der Waals surface area contributed by atoms with E-state index in [0.29, 0.717) is 35.4 Å². The smallest absolute Gasteiger partial charge is 0.257 e. The first-order chi connectivity index (χ1) is 14.2. The number of benzene rings is 2. The monoisotopic (exact) mass is 411 g/mol. The molecule has 2 aromatic carbocycles. The van der Waals surface area contributed by atoms with Crippen molar-refractivity contribution in [2.24, 2.45) is 0 Å². The van der Waals surface area contributed by atoms with Gasteiger partial charge in [0.1, 0.15) is 5.01 Å². The van der Waals surface area contributed by atoms with Crippen LogP contribution in [-0.2, 0) is 12.8 Å². The van der Waals surface area contributed by atoms with Crippen LogP contribution in [0.15, 0.2) is 48.5 Å². The van der Waals surface area contributed by atoms with Gasteiger partial charge in [-0.1, -0.05) is 41.7 Å². The molecule has 0 saturated carbocycles. The van der Waals surface area contributed by atoms with Crippen LogP contribution in [0.3, 0.4) is 0 Å². The first-order valence-electron chi connectivity index (χ1n) is 9.77. The molecule has 7 heteroatoms. The van der Waals surface area contributed by atoms with Gasteiger partial charge in [0.2, 0.25) is 5.13 Å². The summed E-state index contributed by atoms with van der Waals surface area (Å²) >= 11 is 1.41. The van der Waals surface area contributed by atoms with Gasteiger partial charge in [-0.15, -0.1) is 10.2 Å². The van der Waals surface area contributed by atoms with Crippen molar-refractivity contribution < 1.29 is 14.3 Å². The van der Waals surface area contributed by atoms with Gasteiger partial charge in [-0.05, 0) is 50.5 Å². The summed E-state index contributed by atoms with van der Waals surface area (Å²) in [6.45, 7) is 4.82. The molecule has 0 aliphatic carbocycles. The van der Waals surface area contributed by atoms with E-state index < -0.39 is 0 Å². The van der Waals surface area contributed by atoms with E-state index in [9.17, 15) is 4.79 Å². The average molecular weight is 412 g/mol. The lowest BCUT2D eigenvalue weighted by atomic mass is 10.1. The molecule has 0 fully saturated rings. The Hall–Kier alpha value is -2.93. The van der Waals surface area contributed by atoms with Gasteiger partial charge in [0.15, 0.2) is 11.5 Å². The maximum atomic E-state index is 12.6. The van der Waals surface area contributed by atoms with Crippen molar-refractivity contribution in [3.8, 4) is 11.5 Å². The summed E-state index contributed by atoms with van der Waals surface area (Å²) in [5.41, 5.74) is 1.80. The second-order valence-corrected chi connectivity index (χ2v) is 7.38. The summed E-state index contributed by atoms with van der Waals surface area (Å²) < 4.78 is 11.1. The number of rotatable bonds is 10. The fourth-order valence-electron chi connectivity index (χ4n) is 2.86. The van der Waals surface area contributed by atoms with E-state index in [-0.39, 0.29) is 5.91 Å². The van der Waals surface area contributed by atoms with Crippen LogP contribution < -0.4 is 14.8 Å². The first kappa shape index (κ1) is 20.8. The summed E-state index contributed by atoms with van der Waals surface area (Å²) in [6, 6.07) is 15.5. The number of hydrogen-bond donors (Lipinski definition) is 1. The van der Waals surface area contributed by atoms with Crippen LogP contribution in [-0.4, -0.2) is 29.3 Å². The Labute approximate surface area is 174 Å². The minimum absolute atomic E-state index is 0.249. The lowest BCUT2D eigenvalue weighted by Crippen LogP contribution is -2.12. The predicted octanol–water partition coefficient (Wildman–Crippen LogP) is 4.76. The number of carbonyl (C=O) groups excluding carboxylic acids is 1. The molecule has 1 aromatic heterocycles. The van der Waals surface area contributed by atoms with Gasteiger partial charge in [0.05, 0.1) is 13.2 Å². The maximum absolute atomic E-state index is 12.6. The highest BCUT2D eigenvalue weighted by atomic mass is 32.1. The zero-order valence-corrected chi connectivity index (χ0v) is 17.5. The highest BCUT2D eigenvalue weighted by Crippen LogP contribution is 2.29. The molecule has 0 aliphatic rings. The summed E-state index contributed by atoms with van der Waals surface area (Å²) in [6.07, 6.45) is 2.82. The van der Waals surface area contributed by atoms with Crippen LogP contribution in [0.2, 0.25) is 0 Å². The van der Waals surface area contributed by atoms with Crippen LogP contribution >= 0.6 is 11.3 Å². The molecule has 0 aliphatic heterocycles. The fraction of sp³-hybridized carbons (Fsp3) is 0.318. The van der Waals surface area contributed by atoms with Gasteiger partial charge >= 0.3 is 0 Å². The largest absolute Gasteiger partial charge is 0.490 e. The van der Waals surface area contributed by atoms with Gasteiger partial charge in [-0.2, -0.15) is 0 Å². The molecule has 0 unspecified atom stereocenters. The van der Waals surface area contributed by atoms with Crippen molar-refractivity contribution in [2.75, 3.05) is 18.5 Å². The van der Waals surface area contributed by atoms with E-state index >= 15 is 0 Å². The maximum Gasteiger partial charge on any atom is 0.257 e. The Kier molecular flexibility index (Phi) is 7.58. The molecular weight excluding hydrogens is 386 g/mol. The molecule has 0 spiro atoms. The van der Waals surface area contributed by atoms with Crippen molar-refractivity contribution in [2.45, 2.75) is 33.1 Å². The number of carbonyl (C=O) groups is 1. The van der Waals surface area contributed by atoms with E-state index in [1.54, 1.807) is 18.2 Å². The molecule has 0 atom stereocenters. The van der Waals surface area contributed by atoms with Gasteiger partial charge in [-0.25, -0.2) is 0 Å². The summed E-state index contributed by atoms with van der Waals surface area (Å²) in [5, 5.41) is 12.5. The Bertz CT molecular complexity index is 928. The van der Waals surface area contributed by atoms with E-state index in [0.717, 1.165) is 24.3 Å². The topological polar surface area (TPSA) is 73.3 Å². The Morgan fingerprint density at radius 3 is 2.48 bits per heavy atom. The van der Waals surface area contributed by atoms with Crippen LogP contribution in [0, 0.1) is 0 Å². The predicted molar refractivity (Wildman–Crippen MR) is 115 cm³/mol. The second kappa shape index (κ2) is 10.6. The average Bonchev–Trinajstić information content (AvgIpc) is 3.17. The lowest BCUT2D eigenvalue weighted by molar-refractivity contribution is 0.102. The molecule has 29 heavy (non-hydrogen) atoms. The molecule has 0 radical (unpaired) electrons. The number of hydrogen-bond acceptors (Lipinski definition) is 6. The Morgan fingerprint density at radius 2 is 1.72 bits per heavy atom. The number of ether oxygens (including phenoxy) is 2. The number of anilines is 1. The van der Waals surface area contributed by atoms with Crippen LogP contribution in [0.25, 0.3) is 0 Å². The number of aromatic nitrogens is 2. The van der Waals surface area contributed by atoms with Gasteiger partial charge in [-0.3, -0.25) is 10.1 Å².